The van der Waals surface area contributed by atoms with Gasteiger partial charge in [-0.1, -0.05) is 96.1 Å². The van der Waals surface area contributed by atoms with E-state index in [1.54, 1.807) is 0 Å². The number of carbonyl (C=O) groups is 2. The molecule has 0 bridgehead atoms. The second-order valence-electron chi connectivity index (χ2n) is 7.88. The lowest BCUT2D eigenvalue weighted by molar-refractivity contribution is -0.147. The van der Waals surface area contributed by atoms with Gasteiger partial charge in [0.2, 0.25) is 0 Å². The van der Waals surface area contributed by atoms with Crippen LogP contribution in [0.1, 0.15) is 122 Å². The first-order chi connectivity index (χ1) is 13.7. The van der Waals surface area contributed by atoms with Gasteiger partial charge in [-0.2, -0.15) is 0 Å². The number of hydrogen-bond acceptors (Lipinski definition) is 3. The molecule has 2 N–H and O–H groups in total. The lowest BCUT2D eigenvalue weighted by atomic mass is 10.1. The molecule has 4 heteroatoms. The molecule has 164 valence electrons. The van der Waals surface area contributed by atoms with Gasteiger partial charge in [0.15, 0.2) is 6.61 Å². The third-order valence-corrected chi connectivity index (χ3v) is 5.02. The summed E-state index contributed by atoms with van der Waals surface area (Å²) in [5.74, 6) is -0.919. The SMILES string of the molecule is CCCCCCCC/C=C\CCCCCCCCCCCC(=O)OCC(N)=O. The van der Waals surface area contributed by atoms with Gasteiger partial charge < -0.3 is 10.5 Å². The molecule has 0 aliphatic rings. The first-order valence-corrected chi connectivity index (χ1v) is 11.8. The van der Waals surface area contributed by atoms with Crippen molar-refractivity contribution in [3.63, 3.8) is 0 Å². The summed E-state index contributed by atoms with van der Waals surface area (Å²) in [5.41, 5.74) is 4.92. The van der Waals surface area contributed by atoms with Crippen LogP contribution in [0, 0.1) is 0 Å². The molecule has 0 heterocycles. The van der Waals surface area contributed by atoms with Crippen LogP contribution in [0.5, 0.6) is 0 Å². The molecule has 0 saturated carbocycles. The second kappa shape index (κ2) is 22.0. The Morgan fingerprint density at radius 1 is 0.679 bits per heavy atom. The zero-order chi connectivity index (χ0) is 20.7. The quantitative estimate of drug-likeness (QED) is 0.135. The van der Waals surface area contributed by atoms with Crippen molar-refractivity contribution in [2.75, 3.05) is 6.61 Å². The predicted octanol–water partition coefficient (Wildman–Crippen LogP) is 6.61. The van der Waals surface area contributed by atoms with Crippen molar-refractivity contribution in [3.8, 4) is 0 Å². The third kappa shape index (κ3) is 22.7. The minimum absolute atomic E-state index is 0.298. The van der Waals surface area contributed by atoms with Crippen molar-refractivity contribution in [3.05, 3.63) is 12.2 Å². The van der Waals surface area contributed by atoms with E-state index in [1.165, 1.54) is 96.3 Å². The molecule has 0 unspecified atom stereocenters. The van der Waals surface area contributed by atoms with E-state index < -0.39 is 5.91 Å². The summed E-state index contributed by atoms with van der Waals surface area (Å²) in [7, 11) is 0. The molecule has 28 heavy (non-hydrogen) atoms. The maximum absolute atomic E-state index is 11.3. The first kappa shape index (κ1) is 26.7. The summed E-state index contributed by atoms with van der Waals surface area (Å²) in [5, 5.41) is 0. The number of unbranched alkanes of at least 4 members (excludes halogenated alkanes) is 15. The normalized spacial score (nSPS) is 11.2. The van der Waals surface area contributed by atoms with Crippen LogP contribution in [0.25, 0.3) is 0 Å². The Hall–Kier alpha value is -1.32. The smallest absolute Gasteiger partial charge is 0.306 e. The Kier molecular flexibility index (Phi) is 20.9. The van der Waals surface area contributed by atoms with Gasteiger partial charge in [0.1, 0.15) is 0 Å². The fourth-order valence-corrected chi connectivity index (χ4v) is 3.27. The highest BCUT2D eigenvalue weighted by molar-refractivity contribution is 5.78. The van der Waals surface area contributed by atoms with E-state index in [0.717, 1.165) is 12.8 Å². The number of carbonyl (C=O) groups excluding carboxylic acids is 2. The fourth-order valence-electron chi connectivity index (χ4n) is 3.27. The molecule has 0 radical (unpaired) electrons. The Bertz CT molecular complexity index is 393. The molecular formula is C24H45NO3. The molecule has 0 saturated heterocycles. The van der Waals surface area contributed by atoms with Crippen LogP contribution in [0.2, 0.25) is 0 Å². The maximum atomic E-state index is 11.3. The molecule has 0 aromatic rings. The predicted molar refractivity (Wildman–Crippen MR) is 118 cm³/mol. The number of hydrogen-bond donors (Lipinski definition) is 1. The number of allylic oxidation sites excluding steroid dienone is 2. The summed E-state index contributed by atoms with van der Waals surface area (Å²) in [4.78, 5) is 21.8. The largest absolute Gasteiger partial charge is 0.456 e. The number of amides is 1. The summed E-state index contributed by atoms with van der Waals surface area (Å²) in [6.07, 6.45) is 26.8. The van der Waals surface area contributed by atoms with Crippen LogP contribution in [0.15, 0.2) is 12.2 Å². The number of nitrogens with two attached hydrogens (primary N) is 1. The molecule has 0 aliphatic heterocycles. The van der Waals surface area contributed by atoms with Crippen LogP contribution < -0.4 is 5.73 Å². The van der Waals surface area contributed by atoms with E-state index >= 15 is 0 Å². The molecule has 0 aromatic heterocycles. The van der Waals surface area contributed by atoms with Gasteiger partial charge in [0, 0.05) is 6.42 Å². The van der Waals surface area contributed by atoms with Gasteiger partial charge in [-0.05, 0) is 32.1 Å². The van der Waals surface area contributed by atoms with E-state index in [0.29, 0.717) is 6.42 Å². The molecule has 0 aromatic carbocycles. The molecule has 0 atom stereocenters. The topological polar surface area (TPSA) is 69.4 Å². The number of esters is 1. The Balaban J connectivity index is 3.16. The lowest BCUT2D eigenvalue weighted by Gasteiger charge is -2.03. The highest BCUT2D eigenvalue weighted by atomic mass is 16.5. The molecule has 1 amide bonds. The van der Waals surface area contributed by atoms with Gasteiger partial charge in [0.25, 0.3) is 5.91 Å². The van der Waals surface area contributed by atoms with Crippen LogP contribution in [0.3, 0.4) is 0 Å². The monoisotopic (exact) mass is 395 g/mol. The third-order valence-electron chi connectivity index (χ3n) is 5.02. The van der Waals surface area contributed by atoms with Crippen molar-refractivity contribution < 1.29 is 14.3 Å². The summed E-state index contributed by atoms with van der Waals surface area (Å²) < 4.78 is 4.72. The maximum Gasteiger partial charge on any atom is 0.306 e. The number of primary amides is 1. The molecular weight excluding hydrogens is 350 g/mol. The molecule has 0 aliphatic carbocycles. The minimum atomic E-state index is -0.600. The highest BCUT2D eigenvalue weighted by Gasteiger charge is 2.04. The first-order valence-electron chi connectivity index (χ1n) is 11.8. The zero-order valence-electron chi connectivity index (χ0n) is 18.4. The van der Waals surface area contributed by atoms with Crippen molar-refractivity contribution in [1.82, 2.24) is 0 Å². The van der Waals surface area contributed by atoms with Crippen LogP contribution in [0.4, 0.5) is 0 Å². The average Bonchev–Trinajstić information content (AvgIpc) is 2.68. The van der Waals surface area contributed by atoms with E-state index in [9.17, 15) is 9.59 Å². The van der Waals surface area contributed by atoms with Crippen molar-refractivity contribution in [1.29, 1.82) is 0 Å². The lowest BCUT2D eigenvalue weighted by Crippen LogP contribution is -2.20. The molecule has 4 nitrogen and oxygen atoms in total. The standard InChI is InChI=1S/C24H45NO3/c1-2-3-4-5-6-7-8-9-10-11-12-13-14-15-16-17-18-19-20-21-24(27)28-22-23(25)26/h9-10H,2-8,11-22H2,1H3,(H2,25,26)/b10-9-. The summed E-state index contributed by atoms with van der Waals surface area (Å²) >= 11 is 0. The zero-order valence-corrected chi connectivity index (χ0v) is 18.4. The van der Waals surface area contributed by atoms with Gasteiger partial charge in [0.05, 0.1) is 0 Å². The summed E-state index contributed by atoms with van der Waals surface area (Å²) in [6, 6.07) is 0. The number of rotatable bonds is 21. The molecule has 0 fully saturated rings. The van der Waals surface area contributed by atoms with Crippen LogP contribution in [-0.4, -0.2) is 18.5 Å². The Labute approximate surface area is 173 Å². The second-order valence-corrected chi connectivity index (χ2v) is 7.88. The van der Waals surface area contributed by atoms with Gasteiger partial charge in [-0.3, -0.25) is 9.59 Å². The van der Waals surface area contributed by atoms with Gasteiger partial charge >= 0.3 is 5.97 Å². The van der Waals surface area contributed by atoms with E-state index in [1.807, 2.05) is 0 Å². The molecule has 0 spiro atoms. The van der Waals surface area contributed by atoms with Crippen molar-refractivity contribution in [2.24, 2.45) is 5.73 Å². The van der Waals surface area contributed by atoms with Crippen LogP contribution in [-0.2, 0) is 14.3 Å². The summed E-state index contributed by atoms with van der Waals surface area (Å²) in [6.45, 7) is 1.97. The van der Waals surface area contributed by atoms with E-state index in [-0.39, 0.29) is 12.6 Å². The van der Waals surface area contributed by atoms with Gasteiger partial charge in [-0.15, -0.1) is 0 Å². The van der Waals surface area contributed by atoms with Crippen molar-refractivity contribution >= 4 is 11.9 Å². The fraction of sp³-hybridized carbons (Fsp3) is 0.833. The van der Waals surface area contributed by atoms with Crippen LogP contribution >= 0.6 is 0 Å². The van der Waals surface area contributed by atoms with Crippen molar-refractivity contribution in [2.45, 2.75) is 122 Å². The van der Waals surface area contributed by atoms with E-state index in [2.05, 4.69) is 19.1 Å². The number of ether oxygens (including phenoxy) is 1. The Morgan fingerprint density at radius 2 is 1.11 bits per heavy atom. The molecule has 0 rings (SSSR count). The highest BCUT2D eigenvalue weighted by Crippen LogP contribution is 2.12. The van der Waals surface area contributed by atoms with Gasteiger partial charge in [-0.25, -0.2) is 0 Å². The minimum Gasteiger partial charge on any atom is -0.456 e. The average molecular weight is 396 g/mol. The van der Waals surface area contributed by atoms with E-state index in [4.69, 9.17) is 10.5 Å². The Morgan fingerprint density at radius 3 is 1.57 bits per heavy atom.